The Hall–Kier alpha value is -1.00. The first kappa shape index (κ1) is 15.4. The zero-order valence-corrected chi connectivity index (χ0v) is 12.3. The lowest BCUT2D eigenvalue weighted by molar-refractivity contribution is 0.168. The standard InChI is InChI=1S/C16H24F2N2/c1-3-20-8-6-13(7-9-20)12(2)19-11-14-4-5-15(17)10-16(14)18/h4-5,10,12-13,19H,3,6-9,11H2,1-2H3. The Balaban J connectivity index is 1.81. The van der Waals surface area contributed by atoms with Crippen molar-refractivity contribution in [2.24, 2.45) is 5.92 Å². The maximum absolute atomic E-state index is 13.6. The van der Waals surface area contributed by atoms with E-state index in [9.17, 15) is 8.78 Å². The minimum absolute atomic E-state index is 0.360. The average Bonchev–Trinajstić information content (AvgIpc) is 2.46. The Bertz CT molecular complexity index is 428. The summed E-state index contributed by atoms with van der Waals surface area (Å²) in [6.07, 6.45) is 2.38. The van der Waals surface area contributed by atoms with E-state index >= 15 is 0 Å². The summed E-state index contributed by atoms with van der Waals surface area (Å²) in [5.74, 6) is -0.349. The van der Waals surface area contributed by atoms with Gasteiger partial charge in [0.25, 0.3) is 0 Å². The third kappa shape index (κ3) is 4.00. The van der Waals surface area contributed by atoms with Crippen LogP contribution in [0.1, 0.15) is 32.3 Å². The van der Waals surface area contributed by atoms with Crippen molar-refractivity contribution in [3.05, 3.63) is 35.4 Å². The molecule has 4 heteroatoms. The molecule has 1 fully saturated rings. The SMILES string of the molecule is CCN1CCC(C(C)NCc2ccc(F)cc2F)CC1. The molecule has 0 aromatic heterocycles. The van der Waals surface area contributed by atoms with Gasteiger partial charge in [-0.2, -0.15) is 0 Å². The maximum Gasteiger partial charge on any atom is 0.130 e. The van der Waals surface area contributed by atoms with Crippen LogP contribution in [0.4, 0.5) is 8.78 Å². The fourth-order valence-corrected chi connectivity index (χ4v) is 2.87. The fourth-order valence-electron chi connectivity index (χ4n) is 2.87. The van der Waals surface area contributed by atoms with Crippen molar-refractivity contribution in [1.82, 2.24) is 10.2 Å². The molecule has 0 saturated carbocycles. The van der Waals surface area contributed by atoms with Crippen LogP contribution in [-0.4, -0.2) is 30.6 Å². The number of nitrogens with zero attached hydrogens (tertiary/aromatic N) is 1. The summed E-state index contributed by atoms with van der Waals surface area (Å²) in [6.45, 7) is 8.24. The number of likely N-dealkylation sites (tertiary alicyclic amines) is 1. The molecule has 1 aromatic carbocycles. The van der Waals surface area contributed by atoms with Crippen molar-refractivity contribution in [3.63, 3.8) is 0 Å². The molecular formula is C16H24F2N2. The van der Waals surface area contributed by atoms with Crippen molar-refractivity contribution < 1.29 is 8.78 Å². The van der Waals surface area contributed by atoms with Gasteiger partial charge in [0, 0.05) is 24.2 Å². The Labute approximate surface area is 120 Å². The van der Waals surface area contributed by atoms with E-state index in [-0.39, 0.29) is 0 Å². The van der Waals surface area contributed by atoms with E-state index in [0.29, 0.717) is 24.1 Å². The molecule has 0 aliphatic carbocycles. The molecule has 112 valence electrons. The van der Waals surface area contributed by atoms with Crippen LogP contribution >= 0.6 is 0 Å². The number of hydrogen-bond acceptors (Lipinski definition) is 2. The highest BCUT2D eigenvalue weighted by atomic mass is 19.1. The molecule has 1 aliphatic heterocycles. The first-order chi connectivity index (χ1) is 9.60. The van der Waals surface area contributed by atoms with Gasteiger partial charge in [0.05, 0.1) is 0 Å². The molecule has 0 amide bonds. The predicted octanol–water partition coefficient (Wildman–Crippen LogP) is 3.17. The second kappa shape index (κ2) is 7.14. The fraction of sp³-hybridized carbons (Fsp3) is 0.625. The smallest absolute Gasteiger partial charge is 0.130 e. The lowest BCUT2D eigenvalue weighted by atomic mass is 9.90. The molecule has 1 unspecified atom stereocenters. The molecule has 20 heavy (non-hydrogen) atoms. The number of halogens is 2. The number of piperidine rings is 1. The van der Waals surface area contributed by atoms with Crippen LogP contribution in [0.5, 0.6) is 0 Å². The van der Waals surface area contributed by atoms with Gasteiger partial charge in [0.2, 0.25) is 0 Å². The molecule has 2 rings (SSSR count). The molecule has 1 saturated heterocycles. The van der Waals surface area contributed by atoms with E-state index in [1.165, 1.54) is 25.0 Å². The third-order valence-electron chi connectivity index (χ3n) is 4.42. The summed E-state index contributed by atoms with van der Waals surface area (Å²) in [5.41, 5.74) is 0.532. The van der Waals surface area contributed by atoms with Gasteiger partial charge in [-0.25, -0.2) is 8.78 Å². The van der Waals surface area contributed by atoms with Crippen LogP contribution in [0.3, 0.4) is 0 Å². The summed E-state index contributed by atoms with van der Waals surface area (Å²) in [4.78, 5) is 2.46. The van der Waals surface area contributed by atoms with E-state index in [1.54, 1.807) is 0 Å². The topological polar surface area (TPSA) is 15.3 Å². The highest BCUT2D eigenvalue weighted by Gasteiger charge is 2.22. The second-order valence-corrected chi connectivity index (χ2v) is 5.68. The zero-order chi connectivity index (χ0) is 14.5. The van der Waals surface area contributed by atoms with E-state index in [0.717, 1.165) is 25.7 Å². The minimum atomic E-state index is -0.522. The van der Waals surface area contributed by atoms with Gasteiger partial charge < -0.3 is 10.2 Å². The van der Waals surface area contributed by atoms with Crippen LogP contribution in [0.15, 0.2) is 18.2 Å². The Morgan fingerprint density at radius 1 is 1.30 bits per heavy atom. The highest BCUT2D eigenvalue weighted by Crippen LogP contribution is 2.21. The van der Waals surface area contributed by atoms with Crippen LogP contribution < -0.4 is 5.32 Å². The quantitative estimate of drug-likeness (QED) is 0.892. The lowest BCUT2D eigenvalue weighted by Crippen LogP contribution is -2.41. The van der Waals surface area contributed by atoms with Crippen molar-refractivity contribution >= 4 is 0 Å². The van der Waals surface area contributed by atoms with Gasteiger partial charge in [-0.1, -0.05) is 13.0 Å². The third-order valence-corrected chi connectivity index (χ3v) is 4.42. The lowest BCUT2D eigenvalue weighted by Gasteiger charge is -2.34. The molecular weight excluding hydrogens is 258 g/mol. The van der Waals surface area contributed by atoms with Crippen molar-refractivity contribution in [2.75, 3.05) is 19.6 Å². The average molecular weight is 282 g/mol. The summed E-state index contributed by atoms with van der Waals surface area (Å²) in [7, 11) is 0. The summed E-state index contributed by atoms with van der Waals surface area (Å²) in [5, 5.41) is 3.38. The number of hydrogen-bond donors (Lipinski definition) is 1. The number of benzene rings is 1. The van der Waals surface area contributed by atoms with Crippen LogP contribution in [0, 0.1) is 17.6 Å². The van der Waals surface area contributed by atoms with Crippen LogP contribution in [0.25, 0.3) is 0 Å². The highest BCUT2D eigenvalue weighted by molar-refractivity contribution is 5.18. The molecule has 2 nitrogen and oxygen atoms in total. The number of rotatable bonds is 5. The summed E-state index contributed by atoms with van der Waals surface area (Å²) in [6, 6.07) is 4.13. The molecule has 1 aromatic rings. The first-order valence-corrected chi connectivity index (χ1v) is 7.49. The molecule has 0 radical (unpaired) electrons. The van der Waals surface area contributed by atoms with E-state index in [2.05, 4.69) is 24.1 Å². The predicted molar refractivity (Wildman–Crippen MR) is 77.5 cm³/mol. The van der Waals surface area contributed by atoms with Gasteiger partial charge in [0.1, 0.15) is 11.6 Å². The largest absolute Gasteiger partial charge is 0.310 e. The second-order valence-electron chi connectivity index (χ2n) is 5.68. The van der Waals surface area contributed by atoms with Gasteiger partial charge in [-0.15, -0.1) is 0 Å². The van der Waals surface area contributed by atoms with Crippen molar-refractivity contribution in [3.8, 4) is 0 Å². The molecule has 0 bridgehead atoms. The van der Waals surface area contributed by atoms with Crippen LogP contribution in [0.2, 0.25) is 0 Å². The zero-order valence-electron chi connectivity index (χ0n) is 12.3. The molecule has 1 N–H and O–H groups in total. The maximum atomic E-state index is 13.6. The summed E-state index contributed by atoms with van der Waals surface area (Å²) < 4.78 is 26.4. The molecule has 1 aliphatic rings. The molecule has 1 atom stereocenters. The Morgan fingerprint density at radius 3 is 2.60 bits per heavy atom. The normalized spacial score (nSPS) is 19.2. The van der Waals surface area contributed by atoms with Crippen LogP contribution in [-0.2, 0) is 6.54 Å². The van der Waals surface area contributed by atoms with Gasteiger partial charge in [-0.05, 0) is 51.4 Å². The van der Waals surface area contributed by atoms with E-state index in [4.69, 9.17) is 0 Å². The molecule has 1 heterocycles. The van der Waals surface area contributed by atoms with Gasteiger partial charge >= 0.3 is 0 Å². The van der Waals surface area contributed by atoms with Crippen molar-refractivity contribution in [2.45, 2.75) is 39.3 Å². The van der Waals surface area contributed by atoms with Gasteiger partial charge in [0.15, 0.2) is 0 Å². The summed E-state index contributed by atoms with van der Waals surface area (Å²) >= 11 is 0. The van der Waals surface area contributed by atoms with E-state index in [1.807, 2.05) is 0 Å². The van der Waals surface area contributed by atoms with E-state index < -0.39 is 11.6 Å². The van der Waals surface area contributed by atoms with Gasteiger partial charge in [-0.3, -0.25) is 0 Å². The Kier molecular flexibility index (Phi) is 5.49. The Morgan fingerprint density at radius 2 is 2.00 bits per heavy atom. The first-order valence-electron chi connectivity index (χ1n) is 7.49. The monoisotopic (exact) mass is 282 g/mol. The minimum Gasteiger partial charge on any atom is -0.310 e. The molecule has 0 spiro atoms. The van der Waals surface area contributed by atoms with Crippen molar-refractivity contribution in [1.29, 1.82) is 0 Å². The number of nitrogens with one attached hydrogen (secondary N) is 1.